The second kappa shape index (κ2) is 5.09. The summed E-state index contributed by atoms with van der Waals surface area (Å²) in [6.07, 6.45) is 2.12. The van der Waals surface area contributed by atoms with Gasteiger partial charge in [-0.05, 0) is 19.9 Å². The third-order valence-electron chi connectivity index (χ3n) is 2.40. The number of amides is 1. The van der Waals surface area contributed by atoms with Crippen molar-refractivity contribution in [2.75, 3.05) is 6.54 Å². The quantitative estimate of drug-likeness (QED) is 0.863. The van der Waals surface area contributed by atoms with E-state index in [4.69, 9.17) is 0 Å². The van der Waals surface area contributed by atoms with Gasteiger partial charge >= 0.3 is 0 Å². The van der Waals surface area contributed by atoms with E-state index in [1.54, 1.807) is 11.3 Å². The van der Waals surface area contributed by atoms with E-state index in [0.717, 1.165) is 21.1 Å². The molecule has 0 unspecified atom stereocenters. The van der Waals surface area contributed by atoms with Crippen molar-refractivity contribution in [1.29, 1.82) is 0 Å². The van der Waals surface area contributed by atoms with Gasteiger partial charge in [0.05, 0.1) is 5.56 Å². The first-order valence-corrected chi connectivity index (χ1v) is 6.18. The zero-order valence-electron chi connectivity index (χ0n) is 9.78. The van der Waals surface area contributed by atoms with E-state index in [-0.39, 0.29) is 5.91 Å². The molecule has 0 aliphatic carbocycles. The first kappa shape index (κ1) is 11.8. The Kier molecular flexibility index (Phi) is 3.53. The fraction of sp³-hybridized carbons (Fsp3) is 0.364. The smallest absolute Gasteiger partial charge is 0.252 e. The number of H-pyrrole nitrogens is 1. The van der Waals surface area contributed by atoms with Crippen LogP contribution in [-0.2, 0) is 6.42 Å². The summed E-state index contributed by atoms with van der Waals surface area (Å²) in [6, 6.07) is 1.92. The summed E-state index contributed by atoms with van der Waals surface area (Å²) in [5, 5.41) is 9.38. The van der Waals surface area contributed by atoms with E-state index in [1.165, 1.54) is 6.33 Å². The van der Waals surface area contributed by atoms with E-state index < -0.39 is 0 Å². The molecule has 0 aliphatic rings. The molecule has 2 aromatic rings. The Morgan fingerprint density at radius 1 is 1.53 bits per heavy atom. The van der Waals surface area contributed by atoms with Crippen LogP contribution in [-0.4, -0.2) is 27.6 Å². The van der Waals surface area contributed by atoms with Crippen molar-refractivity contribution < 1.29 is 4.79 Å². The normalized spacial score (nSPS) is 10.5. The van der Waals surface area contributed by atoms with Crippen LogP contribution >= 0.6 is 11.3 Å². The Labute approximate surface area is 103 Å². The number of nitrogens with zero attached hydrogens (tertiary/aromatic N) is 2. The molecule has 0 saturated carbocycles. The van der Waals surface area contributed by atoms with Crippen molar-refractivity contribution in [3.63, 3.8) is 0 Å². The van der Waals surface area contributed by atoms with Crippen molar-refractivity contribution >= 4 is 17.2 Å². The largest absolute Gasteiger partial charge is 0.352 e. The number of aryl methyl sites for hydroxylation is 2. The van der Waals surface area contributed by atoms with E-state index in [9.17, 15) is 4.79 Å². The van der Waals surface area contributed by atoms with Crippen LogP contribution in [0.15, 0.2) is 12.4 Å². The van der Waals surface area contributed by atoms with Crippen LogP contribution in [0.4, 0.5) is 0 Å². The SMILES string of the molecule is Cc1cc(C(=O)NCCc2ncn[nH]2)c(C)s1. The molecule has 17 heavy (non-hydrogen) atoms. The molecule has 5 nitrogen and oxygen atoms in total. The fourth-order valence-corrected chi connectivity index (χ4v) is 2.52. The lowest BCUT2D eigenvalue weighted by atomic mass is 10.2. The molecule has 0 bridgehead atoms. The molecule has 0 radical (unpaired) electrons. The molecule has 2 N–H and O–H groups in total. The summed E-state index contributed by atoms with van der Waals surface area (Å²) in [6.45, 7) is 4.52. The van der Waals surface area contributed by atoms with Crippen LogP contribution in [0.1, 0.15) is 25.9 Å². The van der Waals surface area contributed by atoms with Crippen LogP contribution < -0.4 is 5.32 Å². The molecule has 0 spiro atoms. The highest BCUT2D eigenvalue weighted by atomic mass is 32.1. The van der Waals surface area contributed by atoms with Crippen molar-refractivity contribution in [2.45, 2.75) is 20.3 Å². The molecule has 6 heteroatoms. The minimum Gasteiger partial charge on any atom is -0.352 e. The Bertz CT molecular complexity index is 504. The minimum absolute atomic E-state index is 0.0219. The topological polar surface area (TPSA) is 70.7 Å². The van der Waals surface area contributed by atoms with Gasteiger partial charge in [0.1, 0.15) is 12.2 Å². The number of nitrogens with one attached hydrogen (secondary N) is 2. The lowest BCUT2D eigenvalue weighted by molar-refractivity contribution is 0.0954. The van der Waals surface area contributed by atoms with Gasteiger partial charge in [0.15, 0.2) is 0 Å². The first-order chi connectivity index (χ1) is 8.16. The number of aromatic amines is 1. The second-order valence-corrected chi connectivity index (χ2v) is 5.23. The molecule has 90 valence electrons. The van der Waals surface area contributed by atoms with Gasteiger partial charge in [0.25, 0.3) is 5.91 Å². The Morgan fingerprint density at radius 3 is 2.94 bits per heavy atom. The molecule has 2 rings (SSSR count). The van der Waals surface area contributed by atoms with Crippen molar-refractivity contribution in [2.24, 2.45) is 0 Å². The molecule has 0 atom stereocenters. The highest BCUT2D eigenvalue weighted by molar-refractivity contribution is 7.12. The summed E-state index contributed by atoms with van der Waals surface area (Å²) in [7, 11) is 0. The van der Waals surface area contributed by atoms with Crippen molar-refractivity contribution in [3.8, 4) is 0 Å². The molecule has 0 saturated heterocycles. The van der Waals surface area contributed by atoms with E-state index >= 15 is 0 Å². The third-order valence-corrected chi connectivity index (χ3v) is 3.36. The van der Waals surface area contributed by atoms with Gasteiger partial charge < -0.3 is 5.32 Å². The predicted molar refractivity (Wildman–Crippen MR) is 66.2 cm³/mol. The number of carbonyl (C=O) groups is 1. The summed E-state index contributed by atoms with van der Waals surface area (Å²) in [5.41, 5.74) is 0.769. The third kappa shape index (κ3) is 2.91. The Morgan fingerprint density at radius 2 is 2.35 bits per heavy atom. The standard InChI is InChI=1S/C11H14N4OS/c1-7-5-9(8(2)17-7)11(16)12-4-3-10-13-6-14-15-10/h5-6H,3-4H2,1-2H3,(H,12,16)(H,13,14,15). The highest BCUT2D eigenvalue weighted by Gasteiger charge is 2.11. The van der Waals surface area contributed by atoms with Gasteiger partial charge in [0.2, 0.25) is 0 Å². The van der Waals surface area contributed by atoms with Crippen LogP contribution in [0.3, 0.4) is 0 Å². The average molecular weight is 250 g/mol. The van der Waals surface area contributed by atoms with E-state index in [0.29, 0.717) is 13.0 Å². The number of hydrogen-bond acceptors (Lipinski definition) is 4. The summed E-state index contributed by atoms with van der Waals surface area (Å²) in [4.78, 5) is 18.1. The van der Waals surface area contributed by atoms with Crippen molar-refractivity contribution in [3.05, 3.63) is 33.5 Å². The maximum absolute atomic E-state index is 11.9. The van der Waals surface area contributed by atoms with Crippen molar-refractivity contribution in [1.82, 2.24) is 20.5 Å². The molecule has 0 fully saturated rings. The summed E-state index contributed by atoms with van der Waals surface area (Å²) in [5.74, 6) is 0.759. The molecular formula is C11H14N4OS. The maximum Gasteiger partial charge on any atom is 0.252 e. The van der Waals surface area contributed by atoms with E-state index in [2.05, 4.69) is 20.5 Å². The number of thiophene rings is 1. The summed E-state index contributed by atoms with van der Waals surface area (Å²) < 4.78 is 0. The van der Waals surface area contributed by atoms with E-state index in [1.807, 2.05) is 19.9 Å². The molecule has 2 heterocycles. The molecule has 1 amide bonds. The van der Waals surface area contributed by atoms with Gasteiger partial charge in [-0.15, -0.1) is 11.3 Å². The first-order valence-electron chi connectivity index (χ1n) is 5.36. The van der Waals surface area contributed by atoms with Gasteiger partial charge in [-0.1, -0.05) is 0 Å². The summed E-state index contributed by atoms with van der Waals surface area (Å²) >= 11 is 1.64. The number of hydrogen-bond donors (Lipinski definition) is 2. The van der Waals surface area contributed by atoms with Crippen LogP contribution in [0.5, 0.6) is 0 Å². The highest BCUT2D eigenvalue weighted by Crippen LogP contribution is 2.20. The monoisotopic (exact) mass is 250 g/mol. The molecule has 2 aromatic heterocycles. The second-order valence-electron chi connectivity index (χ2n) is 3.76. The lowest BCUT2D eigenvalue weighted by Crippen LogP contribution is -2.26. The van der Waals surface area contributed by atoms with Crippen LogP contribution in [0.25, 0.3) is 0 Å². The Hall–Kier alpha value is -1.69. The van der Waals surface area contributed by atoms with Gasteiger partial charge in [0, 0.05) is 22.7 Å². The zero-order valence-corrected chi connectivity index (χ0v) is 10.6. The molecular weight excluding hydrogens is 236 g/mol. The van der Waals surface area contributed by atoms with Gasteiger partial charge in [-0.25, -0.2) is 4.98 Å². The van der Waals surface area contributed by atoms with Gasteiger partial charge in [-0.2, -0.15) is 5.10 Å². The fourth-order valence-electron chi connectivity index (χ4n) is 1.60. The molecule has 0 aromatic carbocycles. The number of carbonyl (C=O) groups excluding carboxylic acids is 1. The average Bonchev–Trinajstić information content (AvgIpc) is 2.88. The molecule has 0 aliphatic heterocycles. The zero-order chi connectivity index (χ0) is 12.3. The predicted octanol–water partition coefficient (Wildman–Crippen LogP) is 1.46. The number of aromatic nitrogens is 3. The van der Waals surface area contributed by atoms with Crippen LogP contribution in [0, 0.1) is 13.8 Å². The maximum atomic E-state index is 11.9. The van der Waals surface area contributed by atoms with Crippen LogP contribution in [0.2, 0.25) is 0 Å². The minimum atomic E-state index is -0.0219. The van der Waals surface area contributed by atoms with Gasteiger partial charge in [-0.3, -0.25) is 9.89 Å². The number of rotatable bonds is 4. The Balaban J connectivity index is 1.87. The lowest BCUT2D eigenvalue weighted by Gasteiger charge is -2.02.